The van der Waals surface area contributed by atoms with Gasteiger partial charge in [-0.15, -0.1) is 0 Å². The normalized spacial score (nSPS) is 31.7. The highest BCUT2D eigenvalue weighted by molar-refractivity contribution is 4.98. The predicted molar refractivity (Wildman–Crippen MR) is 57.0 cm³/mol. The molecule has 0 bridgehead atoms. The van der Waals surface area contributed by atoms with Crippen molar-refractivity contribution >= 4 is 0 Å². The summed E-state index contributed by atoms with van der Waals surface area (Å²) in [5.41, 5.74) is 6.03. The summed E-state index contributed by atoms with van der Waals surface area (Å²) in [5, 5.41) is 9.42. The quantitative estimate of drug-likeness (QED) is 0.691. The number of likely N-dealkylation sites (tertiary alicyclic amines) is 1. The summed E-state index contributed by atoms with van der Waals surface area (Å²) in [6.45, 7) is 4.34. The smallest absolute Gasteiger partial charge is 0.0477 e. The Balaban J connectivity index is 2.01. The zero-order valence-corrected chi connectivity index (χ0v) is 8.91. The second-order valence-electron chi connectivity index (χ2n) is 4.97. The zero-order chi connectivity index (χ0) is 10.0. The van der Waals surface area contributed by atoms with Crippen LogP contribution >= 0.6 is 0 Å². The van der Waals surface area contributed by atoms with Crippen LogP contribution in [0.25, 0.3) is 0 Å². The van der Waals surface area contributed by atoms with Gasteiger partial charge in [-0.2, -0.15) is 0 Å². The predicted octanol–water partition coefficient (Wildman–Crippen LogP) is 0.430. The van der Waals surface area contributed by atoms with Crippen LogP contribution in [0.2, 0.25) is 0 Å². The zero-order valence-electron chi connectivity index (χ0n) is 8.91. The van der Waals surface area contributed by atoms with Gasteiger partial charge in [0.25, 0.3) is 0 Å². The monoisotopic (exact) mass is 198 g/mol. The average Bonchev–Trinajstić information content (AvgIpc) is 2.76. The molecule has 14 heavy (non-hydrogen) atoms. The Morgan fingerprint density at radius 1 is 1.36 bits per heavy atom. The molecule has 2 aliphatic rings. The molecule has 1 saturated heterocycles. The van der Waals surface area contributed by atoms with E-state index in [1.807, 2.05) is 0 Å². The number of hydrogen-bond donors (Lipinski definition) is 2. The molecule has 0 aromatic carbocycles. The first kappa shape index (κ1) is 10.4. The third-order valence-corrected chi connectivity index (χ3v) is 4.15. The minimum atomic E-state index is 0.362. The van der Waals surface area contributed by atoms with E-state index in [1.165, 1.54) is 32.2 Å². The summed E-state index contributed by atoms with van der Waals surface area (Å²) in [6, 6.07) is 0. The van der Waals surface area contributed by atoms with Crippen molar-refractivity contribution in [1.82, 2.24) is 4.90 Å². The third-order valence-electron chi connectivity index (χ3n) is 4.15. The van der Waals surface area contributed by atoms with Gasteiger partial charge in [0.1, 0.15) is 0 Å². The van der Waals surface area contributed by atoms with Gasteiger partial charge < -0.3 is 15.7 Å². The van der Waals surface area contributed by atoms with Gasteiger partial charge in [0.15, 0.2) is 0 Å². The Labute approximate surface area is 86.3 Å². The van der Waals surface area contributed by atoms with Crippen LogP contribution in [0.15, 0.2) is 0 Å². The van der Waals surface area contributed by atoms with Gasteiger partial charge in [-0.1, -0.05) is 12.8 Å². The van der Waals surface area contributed by atoms with Gasteiger partial charge in [-0.25, -0.2) is 0 Å². The molecule has 0 aromatic heterocycles. The molecule has 3 N–H and O–H groups in total. The van der Waals surface area contributed by atoms with E-state index in [0.717, 1.165) is 19.6 Å². The second kappa shape index (κ2) is 4.17. The molecule has 0 radical (unpaired) electrons. The molecule has 1 spiro atoms. The molecule has 82 valence electrons. The van der Waals surface area contributed by atoms with Gasteiger partial charge >= 0.3 is 0 Å². The minimum absolute atomic E-state index is 0.362. The summed E-state index contributed by atoms with van der Waals surface area (Å²) in [5.74, 6) is 0.511. The van der Waals surface area contributed by atoms with Crippen molar-refractivity contribution < 1.29 is 5.11 Å². The van der Waals surface area contributed by atoms with Gasteiger partial charge in [0.05, 0.1) is 0 Å². The molecule has 0 unspecified atom stereocenters. The number of nitrogens with zero attached hydrogens (tertiary/aromatic N) is 1. The first-order valence-corrected chi connectivity index (χ1v) is 5.84. The van der Waals surface area contributed by atoms with Gasteiger partial charge in [-0.05, 0) is 18.3 Å². The molecule has 1 aliphatic carbocycles. The molecule has 2 rings (SSSR count). The number of nitrogens with two attached hydrogens (primary N) is 1. The maximum Gasteiger partial charge on any atom is 0.0477 e. The maximum atomic E-state index is 9.42. The molecule has 3 heteroatoms. The molecular formula is C11H22N2O. The standard InChI is InChI=1S/C11H22N2O/c12-5-6-13-7-10(8-14)11(9-13)3-1-2-4-11/h10,14H,1-9,12H2/t10-/m0/s1. The molecule has 1 aliphatic heterocycles. The summed E-state index contributed by atoms with van der Waals surface area (Å²) >= 11 is 0. The van der Waals surface area contributed by atoms with Gasteiger partial charge in [0.2, 0.25) is 0 Å². The first-order valence-electron chi connectivity index (χ1n) is 5.84. The lowest BCUT2D eigenvalue weighted by Gasteiger charge is -2.28. The number of aliphatic hydroxyl groups excluding tert-OH is 1. The molecule has 1 atom stereocenters. The number of aliphatic hydroxyl groups is 1. The fourth-order valence-corrected chi connectivity index (χ4v) is 3.39. The van der Waals surface area contributed by atoms with E-state index in [2.05, 4.69) is 4.90 Å². The Hall–Kier alpha value is -0.120. The van der Waals surface area contributed by atoms with Crippen LogP contribution in [0, 0.1) is 11.3 Å². The van der Waals surface area contributed by atoms with Gasteiger partial charge in [0, 0.05) is 38.7 Å². The summed E-state index contributed by atoms with van der Waals surface area (Å²) in [7, 11) is 0. The van der Waals surface area contributed by atoms with E-state index in [-0.39, 0.29) is 0 Å². The SMILES string of the molecule is NCCN1C[C@@H](CO)C2(CCCC2)C1. The van der Waals surface area contributed by atoms with Crippen molar-refractivity contribution in [3.05, 3.63) is 0 Å². The summed E-state index contributed by atoms with van der Waals surface area (Å²) in [4.78, 5) is 2.44. The molecule has 2 fully saturated rings. The molecule has 3 nitrogen and oxygen atoms in total. The van der Waals surface area contributed by atoms with E-state index in [1.54, 1.807) is 0 Å². The van der Waals surface area contributed by atoms with Crippen molar-refractivity contribution in [2.45, 2.75) is 25.7 Å². The van der Waals surface area contributed by atoms with E-state index in [4.69, 9.17) is 5.73 Å². The van der Waals surface area contributed by atoms with Crippen LogP contribution in [-0.4, -0.2) is 42.8 Å². The van der Waals surface area contributed by atoms with E-state index < -0.39 is 0 Å². The maximum absolute atomic E-state index is 9.42. The van der Waals surface area contributed by atoms with Crippen LogP contribution in [0.4, 0.5) is 0 Å². The molecule has 0 aromatic rings. The van der Waals surface area contributed by atoms with E-state index in [0.29, 0.717) is 17.9 Å². The molecule has 1 saturated carbocycles. The fraction of sp³-hybridized carbons (Fsp3) is 1.00. The highest BCUT2D eigenvalue weighted by Gasteiger charge is 2.46. The molecule has 0 amide bonds. The highest BCUT2D eigenvalue weighted by atomic mass is 16.3. The second-order valence-corrected chi connectivity index (χ2v) is 4.97. The summed E-state index contributed by atoms with van der Waals surface area (Å²) < 4.78 is 0. The topological polar surface area (TPSA) is 49.5 Å². The van der Waals surface area contributed by atoms with Crippen LogP contribution in [0.3, 0.4) is 0 Å². The fourth-order valence-electron chi connectivity index (χ4n) is 3.39. The van der Waals surface area contributed by atoms with Gasteiger partial charge in [-0.3, -0.25) is 0 Å². The Bertz CT molecular complexity index is 190. The number of hydrogen-bond acceptors (Lipinski definition) is 3. The lowest BCUT2D eigenvalue weighted by Crippen LogP contribution is -2.30. The third kappa shape index (κ3) is 1.69. The molecule has 1 heterocycles. The van der Waals surface area contributed by atoms with Crippen molar-refractivity contribution in [3.8, 4) is 0 Å². The van der Waals surface area contributed by atoms with Crippen molar-refractivity contribution in [2.75, 3.05) is 32.8 Å². The largest absolute Gasteiger partial charge is 0.396 e. The first-order chi connectivity index (χ1) is 6.80. The van der Waals surface area contributed by atoms with Crippen LogP contribution < -0.4 is 5.73 Å². The van der Waals surface area contributed by atoms with Crippen LogP contribution in [-0.2, 0) is 0 Å². The minimum Gasteiger partial charge on any atom is -0.396 e. The Kier molecular flexibility index (Phi) is 3.10. The van der Waals surface area contributed by atoms with E-state index in [9.17, 15) is 5.11 Å². The number of rotatable bonds is 3. The van der Waals surface area contributed by atoms with Crippen LogP contribution in [0.1, 0.15) is 25.7 Å². The average molecular weight is 198 g/mol. The lowest BCUT2D eigenvalue weighted by atomic mass is 9.77. The van der Waals surface area contributed by atoms with Crippen molar-refractivity contribution in [3.63, 3.8) is 0 Å². The molecular weight excluding hydrogens is 176 g/mol. The highest BCUT2D eigenvalue weighted by Crippen LogP contribution is 2.48. The Morgan fingerprint density at radius 2 is 2.07 bits per heavy atom. The van der Waals surface area contributed by atoms with Crippen molar-refractivity contribution in [2.24, 2.45) is 17.1 Å². The van der Waals surface area contributed by atoms with Crippen molar-refractivity contribution in [1.29, 1.82) is 0 Å². The lowest BCUT2D eigenvalue weighted by molar-refractivity contribution is 0.137. The summed E-state index contributed by atoms with van der Waals surface area (Å²) in [6.07, 6.45) is 5.35. The van der Waals surface area contributed by atoms with E-state index >= 15 is 0 Å². The Morgan fingerprint density at radius 3 is 2.64 bits per heavy atom. The van der Waals surface area contributed by atoms with Crippen LogP contribution in [0.5, 0.6) is 0 Å².